The molecule has 0 fully saturated rings. The van der Waals surface area contributed by atoms with Crippen LogP contribution in [0.1, 0.15) is 12.5 Å². The minimum Gasteiger partial charge on any atom is -0.463 e. The number of ether oxygens (including phenoxy) is 1. The molecule has 0 heterocycles. The lowest BCUT2D eigenvalue weighted by Gasteiger charge is -2.19. The molecule has 24 heavy (non-hydrogen) atoms. The number of carbonyl (C=O) groups excluding carboxylic acids is 3. The van der Waals surface area contributed by atoms with E-state index in [9.17, 15) is 14.4 Å². The predicted octanol–water partition coefficient (Wildman–Crippen LogP) is -0.250. The van der Waals surface area contributed by atoms with Gasteiger partial charge < -0.3 is 15.8 Å². The summed E-state index contributed by atoms with van der Waals surface area (Å²) < 4.78 is 4.72. The Morgan fingerprint density at radius 3 is 2.21 bits per heavy atom. The number of amides is 2. The quantitative estimate of drug-likeness (QED) is 0.188. The minimum atomic E-state index is -1.09. The molecule has 0 radical (unpaired) electrons. The molecule has 0 aromatic heterocycles. The molecule has 1 aromatic rings. The fourth-order valence-corrected chi connectivity index (χ4v) is 1.72. The van der Waals surface area contributed by atoms with Crippen molar-refractivity contribution in [3.8, 4) is 0 Å². The average molecular weight is 470 g/mol. The molecule has 0 bridgehead atoms. The van der Waals surface area contributed by atoms with Gasteiger partial charge >= 0.3 is 5.97 Å². The first-order valence-electron chi connectivity index (χ1n) is 6.67. The summed E-state index contributed by atoms with van der Waals surface area (Å²) in [5.74, 6) is 3.24. The highest BCUT2D eigenvalue weighted by Gasteiger charge is 2.24. The maximum absolute atomic E-state index is 12.0. The van der Waals surface area contributed by atoms with Gasteiger partial charge in [0.05, 0.1) is 6.04 Å². The van der Waals surface area contributed by atoms with Gasteiger partial charge in [-0.3, -0.25) is 19.8 Å². The Balaban J connectivity index is 0. The molecule has 0 aliphatic carbocycles. The fraction of sp³-hybridized carbons (Fsp3) is 0.357. The monoisotopic (exact) mass is 468 g/mol. The number of hydrazine groups is 1. The van der Waals surface area contributed by atoms with Gasteiger partial charge in [-0.25, -0.2) is 5.84 Å². The van der Waals surface area contributed by atoms with E-state index in [1.807, 2.05) is 35.8 Å². The normalized spacial score (nSPS) is 11.8. The average Bonchev–Trinajstić information content (AvgIpc) is 2.51. The van der Waals surface area contributed by atoms with Gasteiger partial charge in [0.15, 0.2) is 0 Å². The number of benzene rings is 1. The Labute approximate surface area is 161 Å². The Morgan fingerprint density at radius 2 is 1.71 bits per heavy atom. The van der Waals surface area contributed by atoms with Crippen LogP contribution in [0.3, 0.4) is 0 Å². The van der Waals surface area contributed by atoms with Crippen LogP contribution < -0.4 is 22.3 Å². The van der Waals surface area contributed by atoms with Crippen LogP contribution in [-0.2, 0) is 25.5 Å². The standard InChI is InChI=1S/C14H20N4O4.2BrH/c1-9(19)22-8-12(14(21)18-16)17-13(20)11(15)7-10-5-3-2-4-6-10;;/h2-6,11-12H,7-8,15-16H2,1H3,(H,17,20)(H,18,21);2*1H/t11-,12-;;/m0../s1. The third kappa shape index (κ3) is 8.96. The number of halogens is 2. The van der Waals surface area contributed by atoms with Gasteiger partial charge in [0.2, 0.25) is 5.91 Å². The van der Waals surface area contributed by atoms with E-state index in [0.717, 1.165) is 5.56 Å². The molecule has 0 aliphatic heterocycles. The number of carbonyl (C=O) groups is 3. The molecule has 2 amide bonds. The molecule has 1 rings (SSSR count). The lowest BCUT2D eigenvalue weighted by Crippen LogP contribution is -2.55. The van der Waals surface area contributed by atoms with Crippen molar-refractivity contribution in [3.05, 3.63) is 35.9 Å². The lowest BCUT2D eigenvalue weighted by atomic mass is 10.1. The summed E-state index contributed by atoms with van der Waals surface area (Å²) in [6.07, 6.45) is 0.317. The van der Waals surface area contributed by atoms with Crippen LogP contribution in [0.5, 0.6) is 0 Å². The first-order valence-corrected chi connectivity index (χ1v) is 6.67. The zero-order chi connectivity index (χ0) is 16.5. The number of nitrogens with two attached hydrogens (primary N) is 2. The first-order chi connectivity index (χ1) is 10.4. The number of esters is 1. The molecule has 0 spiro atoms. The highest BCUT2D eigenvalue weighted by Crippen LogP contribution is 2.02. The van der Waals surface area contributed by atoms with Crippen molar-refractivity contribution in [2.45, 2.75) is 25.4 Å². The number of nitrogens with one attached hydrogen (secondary N) is 2. The Hall–Kier alpha value is -1.49. The van der Waals surface area contributed by atoms with Crippen LogP contribution in [0, 0.1) is 0 Å². The highest BCUT2D eigenvalue weighted by molar-refractivity contribution is 8.93. The Bertz CT molecular complexity index is 531. The summed E-state index contributed by atoms with van der Waals surface area (Å²) in [6, 6.07) is 7.29. The molecule has 6 N–H and O–H groups in total. The fourth-order valence-electron chi connectivity index (χ4n) is 1.72. The summed E-state index contributed by atoms with van der Waals surface area (Å²) in [5.41, 5.74) is 8.60. The van der Waals surface area contributed by atoms with Crippen LogP contribution in [0.2, 0.25) is 0 Å². The maximum atomic E-state index is 12.0. The third-order valence-electron chi connectivity index (χ3n) is 2.86. The zero-order valence-corrected chi connectivity index (χ0v) is 16.5. The summed E-state index contributed by atoms with van der Waals surface area (Å²) in [6.45, 7) is 0.878. The van der Waals surface area contributed by atoms with Crippen molar-refractivity contribution in [1.82, 2.24) is 10.7 Å². The largest absolute Gasteiger partial charge is 0.463 e. The Morgan fingerprint density at radius 1 is 1.12 bits per heavy atom. The summed E-state index contributed by atoms with van der Waals surface area (Å²) in [7, 11) is 0. The van der Waals surface area contributed by atoms with E-state index in [2.05, 4.69) is 5.32 Å². The highest BCUT2D eigenvalue weighted by atomic mass is 79.9. The van der Waals surface area contributed by atoms with Crippen molar-refractivity contribution in [3.63, 3.8) is 0 Å². The third-order valence-corrected chi connectivity index (χ3v) is 2.86. The van der Waals surface area contributed by atoms with Crippen molar-refractivity contribution in [2.24, 2.45) is 11.6 Å². The predicted molar refractivity (Wildman–Crippen MR) is 99.7 cm³/mol. The van der Waals surface area contributed by atoms with Crippen LogP contribution in [0.4, 0.5) is 0 Å². The SMILES string of the molecule is Br.Br.CC(=O)OC[C@H](NC(=O)[C@@H](N)Cc1ccccc1)C(=O)NN. The van der Waals surface area contributed by atoms with E-state index in [1.54, 1.807) is 0 Å². The van der Waals surface area contributed by atoms with Crippen LogP contribution in [0.15, 0.2) is 30.3 Å². The zero-order valence-electron chi connectivity index (χ0n) is 13.1. The summed E-state index contributed by atoms with van der Waals surface area (Å²) in [4.78, 5) is 34.4. The van der Waals surface area contributed by atoms with Crippen LogP contribution in [0.25, 0.3) is 0 Å². The second-order valence-electron chi connectivity index (χ2n) is 4.67. The molecule has 0 aliphatic rings. The molecule has 2 atom stereocenters. The maximum Gasteiger partial charge on any atom is 0.302 e. The molecular formula is C14H22Br2N4O4. The second kappa shape index (κ2) is 12.9. The van der Waals surface area contributed by atoms with Gasteiger partial charge in [-0.05, 0) is 12.0 Å². The van der Waals surface area contributed by atoms with E-state index in [-0.39, 0.29) is 40.6 Å². The summed E-state index contributed by atoms with van der Waals surface area (Å²) >= 11 is 0. The first kappa shape index (κ1) is 24.8. The topological polar surface area (TPSA) is 137 Å². The van der Waals surface area contributed by atoms with Gasteiger partial charge in [0, 0.05) is 6.92 Å². The van der Waals surface area contributed by atoms with E-state index in [1.165, 1.54) is 6.92 Å². The van der Waals surface area contributed by atoms with E-state index < -0.39 is 29.9 Å². The number of rotatable bonds is 7. The van der Waals surface area contributed by atoms with E-state index in [4.69, 9.17) is 16.3 Å². The molecule has 0 saturated heterocycles. The van der Waals surface area contributed by atoms with Crippen molar-refractivity contribution >= 4 is 51.7 Å². The summed E-state index contributed by atoms with van der Waals surface area (Å²) in [5, 5.41) is 2.41. The van der Waals surface area contributed by atoms with Gasteiger partial charge in [0.25, 0.3) is 5.91 Å². The van der Waals surface area contributed by atoms with Crippen molar-refractivity contribution in [1.29, 1.82) is 0 Å². The number of hydrogen-bond acceptors (Lipinski definition) is 6. The molecule has 10 heteroatoms. The van der Waals surface area contributed by atoms with E-state index >= 15 is 0 Å². The van der Waals surface area contributed by atoms with Gasteiger partial charge in [-0.15, -0.1) is 34.0 Å². The molecular weight excluding hydrogens is 448 g/mol. The number of hydrogen-bond donors (Lipinski definition) is 4. The van der Waals surface area contributed by atoms with Crippen LogP contribution >= 0.6 is 34.0 Å². The van der Waals surface area contributed by atoms with Gasteiger partial charge in [-0.2, -0.15) is 0 Å². The van der Waals surface area contributed by atoms with E-state index in [0.29, 0.717) is 6.42 Å². The van der Waals surface area contributed by atoms with Gasteiger partial charge in [0.1, 0.15) is 12.6 Å². The van der Waals surface area contributed by atoms with Crippen molar-refractivity contribution in [2.75, 3.05) is 6.61 Å². The lowest BCUT2D eigenvalue weighted by molar-refractivity contribution is -0.144. The minimum absolute atomic E-state index is 0. The van der Waals surface area contributed by atoms with Crippen LogP contribution in [-0.4, -0.2) is 36.5 Å². The molecule has 1 aromatic carbocycles. The molecule has 0 unspecified atom stereocenters. The van der Waals surface area contributed by atoms with Gasteiger partial charge in [-0.1, -0.05) is 30.3 Å². The molecule has 136 valence electrons. The molecule has 8 nitrogen and oxygen atoms in total. The van der Waals surface area contributed by atoms with Crippen molar-refractivity contribution < 1.29 is 19.1 Å². The second-order valence-corrected chi connectivity index (χ2v) is 4.67. The Kier molecular flexibility index (Phi) is 13.3. The smallest absolute Gasteiger partial charge is 0.302 e. The molecule has 0 saturated carbocycles.